The molecule has 0 unspecified atom stereocenters. The Hall–Kier alpha value is -3.44. The predicted octanol–water partition coefficient (Wildman–Crippen LogP) is 5.81. The minimum Gasteiger partial charge on any atom is -0.350 e. The number of benzene rings is 3. The van der Waals surface area contributed by atoms with Gasteiger partial charge in [0, 0.05) is 34.2 Å². The minimum absolute atomic E-state index is 0.0829. The predicted molar refractivity (Wildman–Crippen MR) is 127 cm³/mol. The molecule has 4 nitrogen and oxygen atoms in total. The van der Waals surface area contributed by atoms with E-state index in [1.54, 1.807) is 4.57 Å². The lowest BCUT2D eigenvalue weighted by molar-refractivity contribution is 0.943. The van der Waals surface area contributed by atoms with Crippen LogP contribution in [0.2, 0.25) is 0 Å². The highest BCUT2D eigenvalue weighted by molar-refractivity contribution is 9.10. The Morgan fingerprint density at radius 1 is 0.867 bits per heavy atom. The third-order valence-corrected chi connectivity index (χ3v) is 5.75. The van der Waals surface area contributed by atoms with E-state index in [9.17, 15) is 4.79 Å². The summed E-state index contributed by atoms with van der Waals surface area (Å²) in [4.78, 5) is 18.1. The normalized spacial score (nSPS) is 11.7. The van der Waals surface area contributed by atoms with Crippen LogP contribution < -0.4 is 5.56 Å². The molecule has 30 heavy (non-hydrogen) atoms. The standard InChI is InChI=1S/C25H18BrN3O/c1-28-16-17(20-6-3-5-9-23(20)28)10-15-24-27-22-8-4-2-7-21(22)25(30)29(24)19-13-11-18(26)12-14-19/h2-16H,1H3. The molecule has 5 aromatic rings. The fourth-order valence-electron chi connectivity index (χ4n) is 3.77. The van der Waals surface area contributed by atoms with E-state index in [0.29, 0.717) is 16.7 Å². The van der Waals surface area contributed by atoms with E-state index in [2.05, 4.69) is 38.8 Å². The third kappa shape index (κ3) is 3.17. The maximum atomic E-state index is 13.3. The first-order valence-corrected chi connectivity index (χ1v) is 10.4. The summed E-state index contributed by atoms with van der Waals surface area (Å²) >= 11 is 3.46. The fraction of sp³-hybridized carbons (Fsp3) is 0.0400. The molecule has 0 aliphatic carbocycles. The number of halogens is 1. The van der Waals surface area contributed by atoms with Crippen molar-refractivity contribution in [3.8, 4) is 5.69 Å². The molecule has 0 saturated carbocycles. The fourth-order valence-corrected chi connectivity index (χ4v) is 4.04. The zero-order valence-corrected chi connectivity index (χ0v) is 17.9. The zero-order chi connectivity index (χ0) is 20.7. The summed E-state index contributed by atoms with van der Waals surface area (Å²) in [7, 11) is 2.03. The van der Waals surface area contributed by atoms with E-state index in [1.807, 2.05) is 79.9 Å². The van der Waals surface area contributed by atoms with Gasteiger partial charge in [0.05, 0.1) is 16.6 Å². The van der Waals surface area contributed by atoms with Gasteiger partial charge < -0.3 is 4.57 Å². The minimum atomic E-state index is -0.0829. The molecule has 0 bridgehead atoms. The first kappa shape index (κ1) is 18.6. The number of hydrogen-bond acceptors (Lipinski definition) is 2. The lowest BCUT2D eigenvalue weighted by atomic mass is 10.1. The van der Waals surface area contributed by atoms with E-state index in [0.717, 1.165) is 26.6 Å². The van der Waals surface area contributed by atoms with Gasteiger partial charge in [0.15, 0.2) is 0 Å². The Kier molecular flexibility index (Phi) is 4.60. The number of nitrogens with zero attached hydrogens (tertiary/aromatic N) is 3. The van der Waals surface area contributed by atoms with Crippen LogP contribution in [0.1, 0.15) is 11.4 Å². The number of fused-ring (bicyclic) bond motifs is 2. The first-order chi connectivity index (χ1) is 14.6. The number of rotatable bonds is 3. The molecule has 5 heteroatoms. The van der Waals surface area contributed by atoms with Crippen LogP contribution in [0.3, 0.4) is 0 Å². The van der Waals surface area contributed by atoms with Crippen LogP contribution in [-0.2, 0) is 7.05 Å². The molecule has 2 aromatic heterocycles. The molecular formula is C25H18BrN3O. The molecule has 0 aliphatic rings. The van der Waals surface area contributed by atoms with Crippen LogP contribution in [0.15, 0.2) is 88.3 Å². The summed E-state index contributed by atoms with van der Waals surface area (Å²) < 4.78 is 4.72. The molecule has 5 rings (SSSR count). The molecule has 2 heterocycles. The summed E-state index contributed by atoms with van der Waals surface area (Å²) in [6.07, 6.45) is 6.02. The van der Waals surface area contributed by atoms with Crippen molar-refractivity contribution in [2.24, 2.45) is 7.05 Å². The van der Waals surface area contributed by atoms with Crippen LogP contribution in [0, 0.1) is 0 Å². The van der Waals surface area contributed by atoms with Gasteiger partial charge in [0.1, 0.15) is 5.82 Å². The maximum Gasteiger partial charge on any atom is 0.266 e. The number of aryl methyl sites for hydroxylation is 1. The van der Waals surface area contributed by atoms with Gasteiger partial charge in [-0.3, -0.25) is 9.36 Å². The SMILES string of the molecule is Cn1cc(C=Cc2nc3ccccc3c(=O)n2-c2ccc(Br)cc2)c2ccccc21. The summed E-state index contributed by atoms with van der Waals surface area (Å²) in [6, 6.07) is 23.4. The van der Waals surface area contributed by atoms with Crippen LogP contribution in [0.4, 0.5) is 0 Å². The van der Waals surface area contributed by atoms with Crippen molar-refractivity contribution in [1.29, 1.82) is 0 Å². The Morgan fingerprint density at radius 2 is 1.57 bits per heavy atom. The van der Waals surface area contributed by atoms with Crippen LogP contribution in [0.25, 0.3) is 39.6 Å². The van der Waals surface area contributed by atoms with E-state index in [4.69, 9.17) is 4.98 Å². The van der Waals surface area contributed by atoms with E-state index >= 15 is 0 Å². The first-order valence-electron chi connectivity index (χ1n) is 9.62. The molecule has 0 fully saturated rings. The van der Waals surface area contributed by atoms with Crippen molar-refractivity contribution in [2.45, 2.75) is 0 Å². The molecular weight excluding hydrogens is 438 g/mol. The topological polar surface area (TPSA) is 39.8 Å². The Morgan fingerprint density at radius 3 is 2.37 bits per heavy atom. The molecule has 3 aromatic carbocycles. The lowest BCUT2D eigenvalue weighted by Crippen LogP contribution is -2.22. The summed E-state index contributed by atoms with van der Waals surface area (Å²) in [5.74, 6) is 0.592. The van der Waals surface area contributed by atoms with E-state index in [-0.39, 0.29) is 5.56 Å². The largest absolute Gasteiger partial charge is 0.350 e. The lowest BCUT2D eigenvalue weighted by Gasteiger charge is -2.11. The van der Waals surface area contributed by atoms with Crippen molar-refractivity contribution in [2.75, 3.05) is 0 Å². The van der Waals surface area contributed by atoms with Gasteiger partial charge in [-0.25, -0.2) is 4.98 Å². The number of aromatic nitrogens is 3. The van der Waals surface area contributed by atoms with Crippen molar-refractivity contribution < 1.29 is 0 Å². The average Bonchev–Trinajstić information content (AvgIpc) is 3.09. The monoisotopic (exact) mass is 455 g/mol. The summed E-state index contributed by atoms with van der Waals surface area (Å²) in [5.41, 5.74) is 3.62. The molecule has 0 spiro atoms. The third-order valence-electron chi connectivity index (χ3n) is 5.23. The van der Waals surface area contributed by atoms with Gasteiger partial charge in [0.2, 0.25) is 0 Å². The molecule has 0 saturated heterocycles. The van der Waals surface area contributed by atoms with Gasteiger partial charge in [-0.05, 0) is 54.6 Å². The van der Waals surface area contributed by atoms with Crippen LogP contribution in [-0.4, -0.2) is 14.1 Å². The Bertz CT molecular complexity index is 1480. The number of para-hydroxylation sites is 2. The summed E-state index contributed by atoms with van der Waals surface area (Å²) in [6.45, 7) is 0. The molecule has 0 amide bonds. The second-order valence-corrected chi connectivity index (χ2v) is 8.07. The van der Waals surface area contributed by atoms with Crippen molar-refractivity contribution in [3.05, 3.63) is 105 Å². The van der Waals surface area contributed by atoms with E-state index < -0.39 is 0 Å². The highest BCUT2D eigenvalue weighted by Crippen LogP contribution is 2.23. The van der Waals surface area contributed by atoms with Crippen molar-refractivity contribution >= 4 is 49.9 Å². The Balaban J connectivity index is 1.73. The van der Waals surface area contributed by atoms with Crippen molar-refractivity contribution in [3.63, 3.8) is 0 Å². The molecule has 0 atom stereocenters. The van der Waals surface area contributed by atoms with Gasteiger partial charge in [-0.1, -0.05) is 46.3 Å². The molecule has 0 aliphatic heterocycles. The summed E-state index contributed by atoms with van der Waals surface area (Å²) in [5, 5.41) is 1.76. The smallest absolute Gasteiger partial charge is 0.266 e. The zero-order valence-electron chi connectivity index (χ0n) is 16.3. The van der Waals surface area contributed by atoms with Crippen LogP contribution in [0.5, 0.6) is 0 Å². The van der Waals surface area contributed by atoms with Gasteiger partial charge in [-0.2, -0.15) is 0 Å². The van der Waals surface area contributed by atoms with Crippen LogP contribution >= 0.6 is 15.9 Å². The highest BCUT2D eigenvalue weighted by Gasteiger charge is 2.11. The Labute approximate surface area is 181 Å². The van der Waals surface area contributed by atoms with Gasteiger partial charge >= 0.3 is 0 Å². The second-order valence-electron chi connectivity index (χ2n) is 7.15. The molecule has 146 valence electrons. The highest BCUT2D eigenvalue weighted by atomic mass is 79.9. The average molecular weight is 456 g/mol. The molecule has 0 radical (unpaired) electrons. The quantitative estimate of drug-likeness (QED) is 0.344. The molecule has 0 N–H and O–H groups in total. The maximum absolute atomic E-state index is 13.3. The number of hydrogen-bond donors (Lipinski definition) is 0. The van der Waals surface area contributed by atoms with Gasteiger partial charge in [0.25, 0.3) is 5.56 Å². The van der Waals surface area contributed by atoms with Crippen molar-refractivity contribution in [1.82, 2.24) is 14.1 Å². The second kappa shape index (κ2) is 7.43. The van der Waals surface area contributed by atoms with E-state index in [1.165, 1.54) is 0 Å². The van der Waals surface area contributed by atoms with Gasteiger partial charge in [-0.15, -0.1) is 0 Å².